The van der Waals surface area contributed by atoms with Gasteiger partial charge in [0.2, 0.25) is 5.95 Å². The highest BCUT2D eigenvalue weighted by atomic mass is 19.4. The molecule has 1 atom stereocenters. The lowest BCUT2D eigenvalue weighted by Gasteiger charge is -2.21. The normalized spacial score (nSPS) is 20.2. The van der Waals surface area contributed by atoms with Crippen molar-refractivity contribution in [2.75, 3.05) is 10.8 Å². The Morgan fingerprint density at radius 2 is 1.90 bits per heavy atom. The molecule has 0 fully saturated rings. The number of anilines is 3. The standard InChI is InChI=1S/C19H22F4N6O2/c1-18(2,3)31-29-17-27-15(11-5-4-6-12(30)14(11)20)26-16(28-17)25-10-7-8-24-13(9-10)19(21,22)23/h7-9,12,30H,4-6H2,1-3H3,(H2,24,25,26,27,28,29)/i6D2. The Kier molecular flexibility index (Phi) is 5.64. The molecule has 2 aromatic heterocycles. The van der Waals surface area contributed by atoms with Crippen LogP contribution in [0.15, 0.2) is 24.2 Å². The van der Waals surface area contributed by atoms with E-state index in [-0.39, 0.29) is 41.8 Å². The number of hydrogen-bond acceptors (Lipinski definition) is 8. The highest BCUT2D eigenvalue weighted by Crippen LogP contribution is 2.33. The van der Waals surface area contributed by atoms with Gasteiger partial charge in [0.25, 0.3) is 5.95 Å². The first-order valence-electron chi connectivity index (χ1n) is 10.2. The van der Waals surface area contributed by atoms with Crippen LogP contribution in [-0.2, 0) is 11.0 Å². The number of aromatic nitrogens is 4. The molecule has 0 aromatic carbocycles. The molecule has 1 aliphatic rings. The third-order valence-corrected chi connectivity index (χ3v) is 3.90. The van der Waals surface area contributed by atoms with E-state index in [4.69, 9.17) is 7.58 Å². The number of pyridine rings is 1. The number of halogens is 4. The van der Waals surface area contributed by atoms with Crippen molar-refractivity contribution in [2.24, 2.45) is 0 Å². The minimum atomic E-state index is -4.67. The second-order valence-electron chi connectivity index (χ2n) is 7.61. The molecule has 3 rings (SSSR count). The predicted molar refractivity (Wildman–Crippen MR) is 105 cm³/mol. The van der Waals surface area contributed by atoms with E-state index in [2.05, 4.69) is 30.7 Å². The van der Waals surface area contributed by atoms with E-state index < -0.39 is 35.8 Å². The van der Waals surface area contributed by atoms with Crippen LogP contribution in [-0.4, -0.2) is 36.7 Å². The number of alkyl halides is 3. The third kappa shape index (κ3) is 6.07. The third-order valence-electron chi connectivity index (χ3n) is 3.90. The van der Waals surface area contributed by atoms with Crippen LogP contribution in [0.2, 0.25) is 0 Å². The van der Waals surface area contributed by atoms with Gasteiger partial charge in [-0.3, -0.25) is 9.82 Å². The van der Waals surface area contributed by atoms with Crippen LogP contribution in [0, 0.1) is 0 Å². The van der Waals surface area contributed by atoms with Gasteiger partial charge < -0.3 is 10.4 Å². The number of aliphatic hydroxyl groups excluding tert-OH is 1. The van der Waals surface area contributed by atoms with Gasteiger partial charge in [0.1, 0.15) is 17.6 Å². The lowest BCUT2D eigenvalue weighted by molar-refractivity contribution is -0.141. The Morgan fingerprint density at radius 1 is 1.19 bits per heavy atom. The lowest BCUT2D eigenvalue weighted by atomic mass is 9.96. The minimum absolute atomic E-state index is 0.0355. The molecular formula is C19H22F4N6O2. The smallest absolute Gasteiger partial charge is 0.386 e. The van der Waals surface area contributed by atoms with E-state index in [1.54, 1.807) is 20.8 Å². The zero-order valence-corrected chi connectivity index (χ0v) is 16.9. The first kappa shape index (κ1) is 20.1. The molecule has 2 aromatic rings. The number of aliphatic hydroxyl groups is 1. The summed E-state index contributed by atoms with van der Waals surface area (Å²) < 4.78 is 69.1. The molecule has 0 bridgehead atoms. The van der Waals surface area contributed by atoms with Gasteiger partial charge in [-0.15, -0.1) is 0 Å². The van der Waals surface area contributed by atoms with E-state index in [0.29, 0.717) is 0 Å². The average Bonchev–Trinajstić information content (AvgIpc) is 2.70. The highest BCUT2D eigenvalue weighted by molar-refractivity contribution is 5.66. The van der Waals surface area contributed by atoms with Crippen molar-refractivity contribution >= 4 is 23.2 Å². The average molecular weight is 444 g/mol. The summed E-state index contributed by atoms with van der Waals surface area (Å²) >= 11 is 0. The summed E-state index contributed by atoms with van der Waals surface area (Å²) in [7, 11) is 0. The lowest BCUT2D eigenvalue weighted by Crippen LogP contribution is -2.24. The van der Waals surface area contributed by atoms with Crippen LogP contribution < -0.4 is 10.8 Å². The number of nitrogens with one attached hydrogen (secondary N) is 2. The fraction of sp³-hybridized carbons (Fsp3) is 0.474. The van der Waals surface area contributed by atoms with Gasteiger partial charge in [-0.1, -0.05) is 0 Å². The van der Waals surface area contributed by atoms with Crippen LogP contribution in [0.4, 0.5) is 35.1 Å². The van der Waals surface area contributed by atoms with E-state index in [1.165, 1.54) is 6.07 Å². The second-order valence-corrected chi connectivity index (χ2v) is 7.61. The molecule has 0 saturated carbocycles. The summed E-state index contributed by atoms with van der Waals surface area (Å²) in [5.74, 6) is -1.77. The maximum atomic E-state index is 14.8. The molecule has 1 aliphatic carbocycles. The van der Waals surface area contributed by atoms with Gasteiger partial charge >= 0.3 is 6.18 Å². The Bertz CT molecular complexity index is 1060. The van der Waals surface area contributed by atoms with Crippen molar-refractivity contribution in [3.63, 3.8) is 0 Å². The highest BCUT2D eigenvalue weighted by Gasteiger charge is 2.32. The van der Waals surface area contributed by atoms with Crippen LogP contribution in [0.5, 0.6) is 0 Å². The number of nitrogens with zero attached hydrogens (tertiary/aromatic N) is 4. The van der Waals surface area contributed by atoms with Crippen LogP contribution in [0.3, 0.4) is 0 Å². The molecule has 0 spiro atoms. The molecule has 12 heteroatoms. The molecular weight excluding hydrogens is 420 g/mol. The molecule has 1 unspecified atom stereocenters. The van der Waals surface area contributed by atoms with Crippen LogP contribution >= 0.6 is 0 Å². The molecule has 0 radical (unpaired) electrons. The zero-order valence-electron chi connectivity index (χ0n) is 18.9. The Morgan fingerprint density at radius 3 is 2.58 bits per heavy atom. The Hall–Kier alpha value is -2.86. The molecule has 3 N–H and O–H groups in total. The number of hydrogen-bond donors (Lipinski definition) is 3. The van der Waals surface area contributed by atoms with Gasteiger partial charge in [-0.25, -0.2) is 9.87 Å². The summed E-state index contributed by atoms with van der Waals surface area (Å²) in [4.78, 5) is 20.8. The molecule has 168 valence electrons. The molecule has 0 saturated heterocycles. The predicted octanol–water partition coefficient (Wildman–Crippen LogP) is 4.40. The Labute approximate surface area is 178 Å². The fourth-order valence-corrected chi connectivity index (χ4v) is 2.53. The van der Waals surface area contributed by atoms with Crippen molar-refractivity contribution in [1.29, 1.82) is 0 Å². The van der Waals surface area contributed by atoms with Gasteiger partial charge in [-0.2, -0.15) is 28.1 Å². The van der Waals surface area contributed by atoms with E-state index in [0.717, 1.165) is 12.3 Å². The van der Waals surface area contributed by atoms with Gasteiger partial charge in [0, 0.05) is 20.2 Å². The second kappa shape index (κ2) is 8.71. The molecule has 2 heterocycles. The van der Waals surface area contributed by atoms with Gasteiger partial charge in [0.15, 0.2) is 5.82 Å². The zero-order chi connectivity index (χ0) is 24.6. The fourth-order valence-electron chi connectivity index (χ4n) is 2.53. The van der Waals surface area contributed by atoms with E-state index >= 15 is 0 Å². The summed E-state index contributed by atoms with van der Waals surface area (Å²) in [6.45, 7) is 5.20. The first-order chi connectivity index (χ1) is 15.2. The Balaban J connectivity index is 2.01. The quantitative estimate of drug-likeness (QED) is 0.461. The first-order valence-corrected chi connectivity index (χ1v) is 9.23. The van der Waals surface area contributed by atoms with Crippen LogP contribution in [0.25, 0.3) is 5.57 Å². The summed E-state index contributed by atoms with van der Waals surface area (Å²) in [5.41, 5.74) is 0.502. The van der Waals surface area contributed by atoms with E-state index in [9.17, 15) is 22.7 Å². The molecule has 0 aliphatic heterocycles. The minimum Gasteiger partial charge on any atom is -0.386 e. The van der Waals surface area contributed by atoms with E-state index in [1.807, 2.05) is 0 Å². The molecule has 31 heavy (non-hydrogen) atoms. The summed E-state index contributed by atoms with van der Waals surface area (Å²) in [5, 5.41) is 12.6. The van der Waals surface area contributed by atoms with Crippen LogP contribution in [0.1, 0.15) is 54.2 Å². The SMILES string of the molecule is [2H]C1([2H])CCC(c2nc(NOC(C)(C)C)nc(Nc3ccnc(C(F)(F)F)c3)n2)=C(F)C1O. The van der Waals surface area contributed by atoms with Gasteiger partial charge in [-0.05, 0) is 52.1 Å². The van der Waals surface area contributed by atoms with Crippen molar-refractivity contribution in [3.05, 3.63) is 35.7 Å². The van der Waals surface area contributed by atoms with Crippen molar-refractivity contribution in [3.8, 4) is 0 Å². The number of allylic oxidation sites excluding steroid dienone is 1. The molecule has 8 nitrogen and oxygen atoms in total. The maximum absolute atomic E-state index is 14.8. The molecule has 0 amide bonds. The van der Waals surface area contributed by atoms with Crippen molar-refractivity contribution in [1.82, 2.24) is 19.9 Å². The maximum Gasteiger partial charge on any atom is 0.433 e. The van der Waals surface area contributed by atoms with Crippen molar-refractivity contribution < 1.29 is 30.2 Å². The largest absolute Gasteiger partial charge is 0.433 e. The topological polar surface area (TPSA) is 105 Å². The van der Waals surface area contributed by atoms with Gasteiger partial charge in [0.05, 0.1) is 5.60 Å². The summed E-state index contributed by atoms with van der Waals surface area (Å²) in [6, 6.07) is 2.01. The number of rotatable bonds is 5. The van der Waals surface area contributed by atoms with Crippen molar-refractivity contribution in [2.45, 2.75) is 57.9 Å². The summed E-state index contributed by atoms with van der Waals surface area (Å²) in [6.07, 6.45) is -8.19. The monoisotopic (exact) mass is 444 g/mol.